The smallest absolute Gasteiger partial charge is 0.372 e. The number of esters is 1. The summed E-state index contributed by atoms with van der Waals surface area (Å²) in [6.45, 7) is 0.106. The quantitative estimate of drug-likeness (QED) is 0.168. The molecule has 2 aromatic carbocycles. The molecule has 0 unspecified atom stereocenters. The minimum Gasteiger partial charge on any atom is -0.475 e. The maximum absolute atomic E-state index is 13.1. The number of hydrogen-bond donors (Lipinski definition) is 2. The van der Waals surface area contributed by atoms with Crippen LogP contribution in [0.1, 0.15) is 29.0 Å². The number of sulfonamides is 1. The van der Waals surface area contributed by atoms with Gasteiger partial charge in [0, 0.05) is 25.1 Å². The van der Waals surface area contributed by atoms with Gasteiger partial charge in [0.1, 0.15) is 10.7 Å². The topological polar surface area (TPSA) is 166 Å². The third kappa shape index (κ3) is 7.89. The fourth-order valence-corrected chi connectivity index (χ4v) is 4.50. The van der Waals surface area contributed by atoms with E-state index in [0.717, 1.165) is 6.07 Å². The van der Waals surface area contributed by atoms with Crippen LogP contribution in [-0.2, 0) is 35.6 Å². The van der Waals surface area contributed by atoms with Gasteiger partial charge in [-0.3, -0.25) is 4.79 Å². The van der Waals surface area contributed by atoms with Gasteiger partial charge in [-0.15, -0.1) is 0 Å². The standard InChI is InChI=1S/C25H25ClN2O9S/c26-20-15-21(28(16-18-8-4-11-36-18)17-6-2-1-3-7-17)19(14-23(20)38(27,33)34)25(32)37-12-5-10-35-13-9-22(29)24(30)31/h1-4,6-8,11,14-15H,5,9-10,12-13,16H2,(H,30,31)(H2,27,33,34). The Hall–Kier alpha value is -3.71. The minimum atomic E-state index is -4.26. The molecule has 0 aliphatic heterocycles. The summed E-state index contributed by atoms with van der Waals surface area (Å²) in [5.41, 5.74) is 0.835. The second-order valence-electron chi connectivity index (χ2n) is 7.93. The lowest BCUT2D eigenvalue weighted by Crippen LogP contribution is -2.22. The third-order valence-corrected chi connectivity index (χ3v) is 6.58. The normalized spacial score (nSPS) is 11.2. The molecule has 11 nitrogen and oxygen atoms in total. The van der Waals surface area contributed by atoms with Crippen molar-refractivity contribution in [3.63, 3.8) is 0 Å². The molecule has 202 valence electrons. The van der Waals surface area contributed by atoms with Crippen molar-refractivity contribution in [2.24, 2.45) is 5.14 Å². The van der Waals surface area contributed by atoms with Gasteiger partial charge < -0.3 is 23.9 Å². The largest absolute Gasteiger partial charge is 0.475 e. The first-order chi connectivity index (χ1) is 18.1. The van der Waals surface area contributed by atoms with E-state index in [1.54, 1.807) is 41.3 Å². The molecule has 0 bridgehead atoms. The summed E-state index contributed by atoms with van der Waals surface area (Å²) < 4.78 is 40.3. The molecule has 0 amide bonds. The number of ketones is 1. The van der Waals surface area contributed by atoms with Gasteiger partial charge in [-0.1, -0.05) is 29.8 Å². The number of aliphatic carboxylic acids is 1. The molecule has 0 radical (unpaired) electrons. The van der Waals surface area contributed by atoms with Crippen molar-refractivity contribution in [1.82, 2.24) is 0 Å². The number of para-hydroxylation sites is 1. The van der Waals surface area contributed by atoms with Gasteiger partial charge in [0.05, 0.1) is 42.3 Å². The highest BCUT2D eigenvalue weighted by molar-refractivity contribution is 7.89. The molecule has 0 aliphatic rings. The third-order valence-electron chi connectivity index (χ3n) is 5.21. The Morgan fingerprint density at radius 2 is 1.76 bits per heavy atom. The van der Waals surface area contributed by atoms with Crippen LogP contribution in [0.15, 0.2) is 70.2 Å². The highest BCUT2D eigenvalue weighted by atomic mass is 35.5. The van der Waals surface area contributed by atoms with Crippen molar-refractivity contribution in [3.8, 4) is 0 Å². The first-order valence-corrected chi connectivity index (χ1v) is 13.2. The van der Waals surface area contributed by atoms with E-state index in [9.17, 15) is 22.8 Å². The zero-order valence-corrected chi connectivity index (χ0v) is 21.6. The number of primary sulfonamides is 1. The van der Waals surface area contributed by atoms with Crippen LogP contribution in [0.3, 0.4) is 0 Å². The maximum atomic E-state index is 13.1. The first-order valence-electron chi connectivity index (χ1n) is 11.3. The molecule has 1 heterocycles. The summed E-state index contributed by atoms with van der Waals surface area (Å²) in [6, 6.07) is 14.9. The predicted molar refractivity (Wildman–Crippen MR) is 137 cm³/mol. The van der Waals surface area contributed by atoms with Crippen LogP contribution in [-0.4, -0.2) is 51.1 Å². The second kappa shape index (κ2) is 13.2. The number of carboxylic acids is 1. The van der Waals surface area contributed by atoms with Crippen LogP contribution < -0.4 is 10.0 Å². The summed E-state index contributed by atoms with van der Waals surface area (Å²) in [5, 5.41) is 13.7. The molecule has 13 heteroatoms. The molecular weight excluding hydrogens is 540 g/mol. The van der Waals surface area contributed by atoms with Gasteiger partial charge in [0.15, 0.2) is 0 Å². The Labute approximate surface area is 223 Å². The van der Waals surface area contributed by atoms with Crippen molar-refractivity contribution in [2.75, 3.05) is 24.7 Å². The van der Waals surface area contributed by atoms with Crippen molar-refractivity contribution in [1.29, 1.82) is 0 Å². The number of rotatable bonds is 14. The zero-order chi connectivity index (χ0) is 27.7. The molecule has 3 rings (SSSR count). The lowest BCUT2D eigenvalue weighted by Gasteiger charge is -2.27. The molecule has 0 aliphatic carbocycles. The Kier molecular flexibility index (Phi) is 10.0. The number of anilines is 2. The van der Waals surface area contributed by atoms with E-state index in [1.807, 2.05) is 6.07 Å². The summed E-state index contributed by atoms with van der Waals surface area (Å²) in [6.07, 6.45) is 1.47. The summed E-state index contributed by atoms with van der Waals surface area (Å²) in [5.74, 6) is -2.76. The summed E-state index contributed by atoms with van der Waals surface area (Å²) in [7, 11) is -4.26. The van der Waals surface area contributed by atoms with Crippen LogP contribution in [0.5, 0.6) is 0 Å². The number of hydrogen-bond acceptors (Lipinski definition) is 9. The van der Waals surface area contributed by atoms with Gasteiger partial charge in [-0.2, -0.15) is 0 Å². The highest BCUT2D eigenvalue weighted by Crippen LogP contribution is 2.36. The van der Waals surface area contributed by atoms with E-state index >= 15 is 0 Å². The molecule has 0 atom stereocenters. The molecule has 0 fully saturated rings. The zero-order valence-electron chi connectivity index (χ0n) is 20.0. The predicted octanol–water partition coefficient (Wildman–Crippen LogP) is 3.53. The van der Waals surface area contributed by atoms with Gasteiger partial charge >= 0.3 is 11.9 Å². The number of carbonyl (C=O) groups is 3. The van der Waals surface area contributed by atoms with Crippen molar-refractivity contribution in [3.05, 3.63) is 77.2 Å². The molecule has 3 N–H and O–H groups in total. The summed E-state index contributed by atoms with van der Waals surface area (Å²) >= 11 is 6.28. The Bertz CT molecular complexity index is 1380. The van der Waals surface area contributed by atoms with Crippen LogP contribution in [0.4, 0.5) is 11.4 Å². The van der Waals surface area contributed by atoms with Crippen LogP contribution in [0, 0.1) is 0 Å². The Balaban J connectivity index is 1.84. The van der Waals surface area contributed by atoms with Crippen molar-refractivity contribution in [2.45, 2.75) is 24.3 Å². The number of ether oxygens (including phenoxy) is 2. The number of nitrogens with zero attached hydrogens (tertiary/aromatic N) is 1. The number of carbonyl (C=O) groups excluding carboxylic acids is 2. The maximum Gasteiger partial charge on any atom is 0.372 e. The average Bonchev–Trinajstić information content (AvgIpc) is 3.39. The van der Waals surface area contributed by atoms with E-state index < -0.39 is 32.6 Å². The molecule has 3 aromatic rings. The van der Waals surface area contributed by atoms with E-state index in [0.29, 0.717) is 11.4 Å². The number of carboxylic acid groups (broad SMARTS) is 1. The molecule has 0 spiro atoms. The number of benzene rings is 2. The fourth-order valence-electron chi connectivity index (χ4n) is 3.41. The number of nitrogens with two attached hydrogens (primary N) is 1. The Morgan fingerprint density at radius 1 is 1.03 bits per heavy atom. The van der Waals surface area contributed by atoms with Crippen molar-refractivity contribution < 1.29 is 41.8 Å². The summed E-state index contributed by atoms with van der Waals surface area (Å²) in [4.78, 5) is 36.0. The van der Waals surface area contributed by atoms with Crippen LogP contribution in [0.2, 0.25) is 5.02 Å². The van der Waals surface area contributed by atoms with Crippen LogP contribution in [0.25, 0.3) is 0 Å². The number of Topliss-reactive ketones (excluding diaryl/α,β-unsaturated/α-hetero) is 1. The monoisotopic (exact) mass is 564 g/mol. The van der Waals surface area contributed by atoms with E-state index in [-0.39, 0.29) is 55.5 Å². The fraction of sp³-hybridized carbons (Fsp3) is 0.240. The first kappa shape index (κ1) is 28.9. The average molecular weight is 565 g/mol. The lowest BCUT2D eigenvalue weighted by atomic mass is 10.1. The van der Waals surface area contributed by atoms with Gasteiger partial charge in [0.2, 0.25) is 15.8 Å². The molecule has 0 saturated heterocycles. The number of halogens is 1. The molecule has 0 saturated carbocycles. The minimum absolute atomic E-state index is 0.0864. The van der Waals surface area contributed by atoms with Gasteiger partial charge in [-0.25, -0.2) is 23.1 Å². The van der Waals surface area contributed by atoms with E-state index in [4.69, 9.17) is 35.7 Å². The highest BCUT2D eigenvalue weighted by Gasteiger charge is 2.26. The number of furan rings is 1. The van der Waals surface area contributed by atoms with Crippen molar-refractivity contribution >= 4 is 50.7 Å². The molecular formula is C25H25ClN2O9S. The second-order valence-corrected chi connectivity index (χ2v) is 9.86. The van der Waals surface area contributed by atoms with E-state index in [2.05, 4.69) is 0 Å². The van der Waals surface area contributed by atoms with E-state index in [1.165, 1.54) is 12.3 Å². The molecule has 38 heavy (non-hydrogen) atoms. The SMILES string of the molecule is NS(=O)(=O)c1cc(C(=O)OCCCOCCC(=O)C(=O)O)c(N(Cc2ccco2)c2ccccc2)cc1Cl. The Morgan fingerprint density at radius 3 is 2.39 bits per heavy atom. The van der Waals surface area contributed by atoms with Gasteiger partial charge in [-0.05, 0) is 36.4 Å². The van der Waals surface area contributed by atoms with Gasteiger partial charge in [0.25, 0.3) is 0 Å². The molecule has 1 aromatic heterocycles. The van der Waals surface area contributed by atoms with Crippen LogP contribution >= 0.6 is 11.6 Å². The lowest BCUT2D eigenvalue weighted by molar-refractivity contribution is -0.149.